The second kappa shape index (κ2) is 4.33. The number of nitrogens with zero attached hydrogens (tertiary/aromatic N) is 1. The second-order valence-corrected chi connectivity index (χ2v) is 3.39. The van der Waals surface area contributed by atoms with Gasteiger partial charge in [0.2, 0.25) is 5.91 Å². The van der Waals surface area contributed by atoms with Gasteiger partial charge in [-0.3, -0.25) is 4.79 Å². The molecule has 3 nitrogen and oxygen atoms in total. The molecule has 0 unspecified atom stereocenters. The molecule has 4 heteroatoms. The molecular weight excluding hydrogens is 188 g/mol. The predicted molar refractivity (Wildman–Crippen MR) is 53.3 cm³/mol. The molecule has 1 heterocycles. The summed E-state index contributed by atoms with van der Waals surface area (Å²) < 4.78 is 0. The summed E-state index contributed by atoms with van der Waals surface area (Å²) in [4.78, 5) is 13.1. The van der Waals surface area contributed by atoms with Crippen molar-refractivity contribution < 1.29 is 4.79 Å². The lowest BCUT2D eigenvalue weighted by Crippen LogP contribution is -2.26. The summed E-state index contributed by atoms with van der Waals surface area (Å²) >= 11 is 5.83. The van der Waals surface area contributed by atoms with Gasteiger partial charge in [-0.2, -0.15) is 0 Å². The van der Waals surface area contributed by atoms with Crippen LogP contribution in [0, 0.1) is 0 Å². The minimum Gasteiger partial charge on any atom is -0.374 e. The van der Waals surface area contributed by atoms with E-state index in [-0.39, 0.29) is 5.91 Å². The molecule has 0 fully saturated rings. The molecule has 0 bridgehead atoms. The van der Waals surface area contributed by atoms with Crippen LogP contribution in [0.25, 0.3) is 0 Å². The highest BCUT2D eigenvalue weighted by Gasteiger charge is 2.12. The van der Waals surface area contributed by atoms with E-state index in [4.69, 9.17) is 11.6 Å². The van der Waals surface area contributed by atoms with Gasteiger partial charge in [0, 0.05) is 31.4 Å². The lowest BCUT2D eigenvalue weighted by atomic mass is 10.2. The van der Waals surface area contributed by atoms with E-state index in [0.29, 0.717) is 11.5 Å². The minimum atomic E-state index is 0.00414. The summed E-state index contributed by atoms with van der Waals surface area (Å²) in [6.07, 6.45) is 4.12. The van der Waals surface area contributed by atoms with Crippen molar-refractivity contribution in [2.75, 3.05) is 20.6 Å². The molecule has 0 aromatic rings. The Morgan fingerprint density at radius 1 is 1.77 bits per heavy atom. The van der Waals surface area contributed by atoms with Crippen LogP contribution in [0.15, 0.2) is 22.9 Å². The van der Waals surface area contributed by atoms with Crippen LogP contribution in [0.5, 0.6) is 0 Å². The molecule has 72 valence electrons. The first kappa shape index (κ1) is 10.1. The lowest BCUT2D eigenvalue weighted by Gasteiger charge is -2.23. The summed E-state index contributed by atoms with van der Waals surface area (Å²) in [6.45, 7) is 0.766. The molecule has 0 aliphatic carbocycles. The molecule has 0 saturated heterocycles. The number of carbonyl (C=O) groups excluding carboxylic acids is 1. The summed E-state index contributed by atoms with van der Waals surface area (Å²) in [5.74, 6) is 0.00414. The molecule has 1 aliphatic heterocycles. The van der Waals surface area contributed by atoms with Gasteiger partial charge in [0.25, 0.3) is 0 Å². The molecule has 13 heavy (non-hydrogen) atoms. The Morgan fingerprint density at radius 3 is 3.08 bits per heavy atom. The fraction of sp³-hybridized carbons (Fsp3) is 0.444. The third-order valence-corrected chi connectivity index (χ3v) is 2.24. The Hall–Kier alpha value is -0.960. The number of nitrogens with one attached hydrogen (secondary N) is 1. The summed E-state index contributed by atoms with van der Waals surface area (Å²) in [6, 6.07) is 0. The first-order valence-electron chi connectivity index (χ1n) is 4.11. The van der Waals surface area contributed by atoms with Crippen molar-refractivity contribution in [2.24, 2.45) is 0 Å². The number of hydrogen-bond donors (Lipinski definition) is 1. The average molecular weight is 201 g/mol. The molecule has 0 saturated carbocycles. The zero-order valence-electron chi connectivity index (χ0n) is 7.80. The first-order valence-corrected chi connectivity index (χ1v) is 4.49. The van der Waals surface area contributed by atoms with Gasteiger partial charge < -0.3 is 10.2 Å². The SMILES string of the molecule is CNC(=O)CC1=CC(Cl)=CCN1C. The molecule has 0 atom stereocenters. The highest BCUT2D eigenvalue weighted by molar-refractivity contribution is 6.31. The van der Waals surface area contributed by atoms with E-state index < -0.39 is 0 Å². The quantitative estimate of drug-likeness (QED) is 0.724. The largest absolute Gasteiger partial charge is 0.374 e. The van der Waals surface area contributed by atoms with Gasteiger partial charge in [-0.05, 0) is 12.2 Å². The van der Waals surface area contributed by atoms with E-state index in [1.165, 1.54) is 0 Å². The van der Waals surface area contributed by atoms with Gasteiger partial charge in [-0.25, -0.2) is 0 Å². The van der Waals surface area contributed by atoms with Crippen LogP contribution in [-0.2, 0) is 4.79 Å². The standard InChI is InChI=1S/C9H13ClN2O/c1-11-9(13)6-8-5-7(10)3-4-12(8)2/h3,5H,4,6H2,1-2H3,(H,11,13). The fourth-order valence-corrected chi connectivity index (χ4v) is 1.30. The number of likely N-dealkylation sites (N-methyl/N-ethyl adjacent to an activating group) is 1. The van der Waals surface area contributed by atoms with E-state index in [2.05, 4.69) is 5.32 Å². The Kier molecular flexibility index (Phi) is 3.37. The number of amides is 1. The average Bonchev–Trinajstić information content (AvgIpc) is 2.11. The molecule has 0 spiro atoms. The van der Waals surface area contributed by atoms with Crippen molar-refractivity contribution in [2.45, 2.75) is 6.42 Å². The number of carbonyl (C=O) groups is 1. The Labute approximate surface area is 83.0 Å². The van der Waals surface area contributed by atoms with Crippen molar-refractivity contribution in [1.82, 2.24) is 10.2 Å². The maximum Gasteiger partial charge on any atom is 0.225 e. The normalized spacial score (nSPS) is 16.4. The Morgan fingerprint density at radius 2 is 2.46 bits per heavy atom. The summed E-state index contributed by atoms with van der Waals surface area (Å²) in [7, 11) is 3.57. The maximum atomic E-state index is 11.1. The van der Waals surface area contributed by atoms with Crippen LogP contribution >= 0.6 is 11.6 Å². The number of halogens is 1. The van der Waals surface area contributed by atoms with Gasteiger partial charge in [0.1, 0.15) is 0 Å². The van der Waals surface area contributed by atoms with Crippen LogP contribution in [-0.4, -0.2) is 31.4 Å². The number of hydrogen-bond acceptors (Lipinski definition) is 2. The van der Waals surface area contributed by atoms with Gasteiger partial charge in [-0.1, -0.05) is 11.6 Å². The summed E-state index contributed by atoms with van der Waals surface area (Å²) in [5.41, 5.74) is 0.951. The highest BCUT2D eigenvalue weighted by atomic mass is 35.5. The molecule has 0 aromatic carbocycles. The number of allylic oxidation sites excluding steroid dienone is 2. The molecule has 0 aromatic heterocycles. The monoisotopic (exact) mass is 200 g/mol. The third-order valence-electron chi connectivity index (χ3n) is 1.98. The number of rotatable bonds is 2. The highest BCUT2D eigenvalue weighted by Crippen LogP contribution is 2.18. The van der Waals surface area contributed by atoms with Crippen molar-refractivity contribution >= 4 is 17.5 Å². The van der Waals surface area contributed by atoms with Gasteiger partial charge in [-0.15, -0.1) is 0 Å². The zero-order chi connectivity index (χ0) is 9.84. The third kappa shape index (κ3) is 2.77. The van der Waals surface area contributed by atoms with Crippen LogP contribution in [0.4, 0.5) is 0 Å². The molecule has 1 aliphatic rings. The topological polar surface area (TPSA) is 32.3 Å². The van der Waals surface area contributed by atoms with Crippen molar-refractivity contribution in [3.8, 4) is 0 Å². The minimum absolute atomic E-state index is 0.00414. The van der Waals surface area contributed by atoms with Gasteiger partial charge in [0.05, 0.1) is 6.42 Å². The zero-order valence-corrected chi connectivity index (χ0v) is 8.56. The predicted octanol–water partition coefficient (Wildman–Crippen LogP) is 1.07. The summed E-state index contributed by atoms with van der Waals surface area (Å²) in [5, 5.41) is 3.28. The second-order valence-electron chi connectivity index (χ2n) is 2.96. The Balaban J connectivity index is 2.66. The van der Waals surface area contributed by atoms with E-state index >= 15 is 0 Å². The van der Waals surface area contributed by atoms with E-state index in [1.54, 1.807) is 7.05 Å². The maximum absolute atomic E-state index is 11.1. The first-order chi connectivity index (χ1) is 6.13. The van der Waals surface area contributed by atoms with Crippen LogP contribution in [0.1, 0.15) is 6.42 Å². The van der Waals surface area contributed by atoms with Crippen LogP contribution < -0.4 is 5.32 Å². The molecule has 1 amide bonds. The van der Waals surface area contributed by atoms with E-state index in [9.17, 15) is 4.79 Å². The van der Waals surface area contributed by atoms with Gasteiger partial charge >= 0.3 is 0 Å². The van der Waals surface area contributed by atoms with Crippen LogP contribution in [0.2, 0.25) is 0 Å². The molecule has 0 radical (unpaired) electrons. The smallest absolute Gasteiger partial charge is 0.225 e. The van der Waals surface area contributed by atoms with Crippen molar-refractivity contribution in [3.63, 3.8) is 0 Å². The molecule has 1 N–H and O–H groups in total. The fourth-order valence-electron chi connectivity index (χ4n) is 1.11. The lowest BCUT2D eigenvalue weighted by molar-refractivity contribution is -0.120. The van der Waals surface area contributed by atoms with E-state index in [1.807, 2.05) is 24.1 Å². The van der Waals surface area contributed by atoms with Crippen molar-refractivity contribution in [1.29, 1.82) is 0 Å². The molecular formula is C9H13ClN2O. The van der Waals surface area contributed by atoms with Crippen LogP contribution in [0.3, 0.4) is 0 Å². The van der Waals surface area contributed by atoms with Crippen molar-refractivity contribution in [3.05, 3.63) is 22.9 Å². The van der Waals surface area contributed by atoms with Gasteiger partial charge in [0.15, 0.2) is 0 Å². The Bertz CT molecular complexity index is 271. The molecule has 1 rings (SSSR count). The van der Waals surface area contributed by atoms with E-state index in [0.717, 1.165) is 12.2 Å².